The Hall–Kier alpha value is -0.620. The van der Waals surface area contributed by atoms with Gasteiger partial charge in [-0.1, -0.05) is 0 Å². The number of nitrogens with zero attached hydrogens (tertiary/aromatic N) is 1. The number of nitrogens with one attached hydrogen (secondary N) is 1. The Kier molecular flexibility index (Phi) is 2.66. The molecule has 1 fully saturated rings. The van der Waals surface area contributed by atoms with E-state index in [0.717, 1.165) is 31.6 Å². The van der Waals surface area contributed by atoms with Crippen molar-refractivity contribution in [3.63, 3.8) is 0 Å². The summed E-state index contributed by atoms with van der Waals surface area (Å²) < 4.78 is 1.20. The van der Waals surface area contributed by atoms with E-state index in [0.29, 0.717) is 0 Å². The molecule has 2 aliphatic rings. The number of fused-ring (bicyclic) bond motifs is 2. The van der Waals surface area contributed by atoms with Crippen LogP contribution >= 0.6 is 22.6 Å². The van der Waals surface area contributed by atoms with Gasteiger partial charge < -0.3 is 10.2 Å². The van der Waals surface area contributed by atoms with Crippen molar-refractivity contribution >= 4 is 34.2 Å². The van der Waals surface area contributed by atoms with Crippen molar-refractivity contribution < 1.29 is 4.79 Å². The molecule has 3 rings (SSSR count). The summed E-state index contributed by atoms with van der Waals surface area (Å²) in [6.45, 7) is 2.00. The highest BCUT2D eigenvalue weighted by Gasteiger charge is 2.47. The molecule has 0 aromatic heterocycles. The third-order valence-electron chi connectivity index (χ3n) is 4.02. The molecule has 0 saturated carbocycles. The van der Waals surface area contributed by atoms with Crippen LogP contribution in [0.3, 0.4) is 0 Å². The van der Waals surface area contributed by atoms with Gasteiger partial charge in [-0.05, 0) is 79.3 Å². The number of carbonyl (C=O) groups is 1. The first-order valence-electron chi connectivity index (χ1n) is 5.92. The highest BCUT2D eigenvalue weighted by atomic mass is 127. The number of likely N-dealkylation sites (tertiary alicyclic amines) is 1. The van der Waals surface area contributed by atoms with Crippen LogP contribution in [-0.4, -0.2) is 30.9 Å². The van der Waals surface area contributed by atoms with Crippen LogP contribution in [0.2, 0.25) is 0 Å². The van der Waals surface area contributed by atoms with Gasteiger partial charge in [0.15, 0.2) is 0 Å². The van der Waals surface area contributed by atoms with Crippen LogP contribution < -0.4 is 5.32 Å². The Labute approximate surface area is 115 Å². The van der Waals surface area contributed by atoms with Gasteiger partial charge >= 0.3 is 0 Å². The van der Waals surface area contributed by atoms with E-state index in [1.807, 2.05) is 12.1 Å². The van der Waals surface area contributed by atoms with Crippen molar-refractivity contribution in [1.29, 1.82) is 0 Å². The van der Waals surface area contributed by atoms with Gasteiger partial charge in [0.2, 0.25) is 5.91 Å². The fraction of sp³-hybridized carbons (Fsp3) is 0.462. The van der Waals surface area contributed by atoms with Crippen molar-refractivity contribution in [2.75, 3.05) is 25.5 Å². The molecule has 1 aromatic carbocycles. The molecule has 0 radical (unpaired) electrons. The van der Waals surface area contributed by atoms with Gasteiger partial charge in [0, 0.05) is 9.26 Å². The molecule has 3 nitrogen and oxygen atoms in total. The number of benzene rings is 1. The van der Waals surface area contributed by atoms with E-state index in [1.54, 1.807) is 0 Å². The molecule has 0 aliphatic carbocycles. The molecule has 1 saturated heterocycles. The van der Waals surface area contributed by atoms with E-state index in [2.05, 4.69) is 45.9 Å². The average molecular weight is 342 g/mol. The van der Waals surface area contributed by atoms with Crippen molar-refractivity contribution in [3.8, 4) is 0 Å². The molecule has 0 atom stereocenters. The zero-order valence-corrected chi connectivity index (χ0v) is 12.0. The van der Waals surface area contributed by atoms with Crippen LogP contribution in [0, 0.1) is 3.57 Å². The molecule has 0 unspecified atom stereocenters. The molecule has 1 amide bonds. The first-order valence-corrected chi connectivity index (χ1v) is 7.00. The van der Waals surface area contributed by atoms with Gasteiger partial charge in [0.25, 0.3) is 0 Å². The lowest BCUT2D eigenvalue weighted by molar-refractivity contribution is -0.122. The van der Waals surface area contributed by atoms with Crippen molar-refractivity contribution in [3.05, 3.63) is 27.3 Å². The van der Waals surface area contributed by atoms with E-state index < -0.39 is 0 Å². The smallest absolute Gasteiger partial charge is 0.235 e. The molecule has 4 heteroatoms. The summed E-state index contributed by atoms with van der Waals surface area (Å²) >= 11 is 2.31. The zero-order valence-electron chi connectivity index (χ0n) is 9.79. The molecule has 1 spiro atoms. The van der Waals surface area contributed by atoms with E-state index in [4.69, 9.17) is 0 Å². The average Bonchev–Trinajstić information content (AvgIpc) is 2.57. The normalized spacial score (nSPS) is 22.6. The Balaban J connectivity index is 2.06. The van der Waals surface area contributed by atoms with Crippen LogP contribution in [0.5, 0.6) is 0 Å². The molecule has 1 aromatic rings. The summed E-state index contributed by atoms with van der Waals surface area (Å²) in [4.78, 5) is 14.6. The first-order chi connectivity index (χ1) is 8.12. The Morgan fingerprint density at radius 2 is 2.06 bits per heavy atom. The summed E-state index contributed by atoms with van der Waals surface area (Å²) in [5.41, 5.74) is 1.96. The number of hydrogen-bond acceptors (Lipinski definition) is 2. The summed E-state index contributed by atoms with van der Waals surface area (Å²) in [7, 11) is 2.12. The third-order valence-corrected chi connectivity index (χ3v) is 4.69. The summed E-state index contributed by atoms with van der Waals surface area (Å²) in [6, 6.07) is 6.24. The number of halogens is 1. The number of anilines is 1. The minimum Gasteiger partial charge on any atom is -0.325 e. The zero-order chi connectivity index (χ0) is 12.0. The minimum absolute atomic E-state index is 0.197. The van der Waals surface area contributed by atoms with Crippen LogP contribution in [0.15, 0.2) is 18.2 Å². The molecule has 2 heterocycles. The number of amides is 1. The fourth-order valence-corrected chi connectivity index (χ4v) is 3.37. The maximum absolute atomic E-state index is 12.3. The van der Waals surface area contributed by atoms with Crippen LogP contribution in [0.4, 0.5) is 5.69 Å². The summed E-state index contributed by atoms with van der Waals surface area (Å²) in [5.74, 6) is 0.197. The predicted molar refractivity (Wildman–Crippen MR) is 76.2 cm³/mol. The minimum atomic E-state index is -0.261. The van der Waals surface area contributed by atoms with Crippen molar-refractivity contribution in [2.45, 2.75) is 18.3 Å². The lowest BCUT2D eigenvalue weighted by atomic mass is 9.74. The van der Waals surface area contributed by atoms with Gasteiger partial charge in [-0.25, -0.2) is 0 Å². The van der Waals surface area contributed by atoms with E-state index in [9.17, 15) is 4.79 Å². The standard InChI is InChI=1S/C13H15IN2O/c1-16-6-4-13(5-7-16)10-8-9(14)2-3-11(10)15-12(13)17/h2-3,8H,4-7H2,1H3,(H,15,17). The summed E-state index contributed by atoms with van der Waals surface area (Å²) in [6.07, 6.45) is 1.87. The van der Waals surface area contributed by atoms with Crippen LogP contribution in [0.1, 0.15) is 18.4 Å². The Bertz CT molecular complexity index is 478. The first kappa shape index (κ1) is 11.5. The number of carbonyl (C=O) groups excluding carboxylic acids is 1. The molecule has 2 aliphatic heterocycles. The lowest BCUT2D eigenvalue weighted by Gasteiger charge is -2.36. The largest absolute Gasteiger partial charge is 0.325 e. The lowest BCUT2D eigenvalue weighted by Crippen LogP contribution is -2.45. The van der Waals surface area contributed by atoms with Crippen molar-refractivity contribution in [1.82, 2.24) is 4.90 Å². The van der Waals surface area contributed by atoms with Crippen LogP contribution in [-0.2, 0) is 10.2 Å². The number of rotatable bonds is 0. The van der Waals surface area contributed by atoms with Crippen molar-refractivity contribution in [2.24, 2.45) is 0 Å². The monoisotopic (exact) mass is 342 g/mol. The van der Waals surface area contributed by atoms with E-state index in [-0.39, 0.29) is 11.3 Å². The summed E-state index contributed by atoms with van der Waals surface area (Å²) in [5, 5.41) is 3.04. The maximum atomic E-state index is 12.3. The van der Waals surface area contributed by atoms with E-state index >= 15 is 0 Å². The molecule has 90 valence electrons. The van der Waals surface area contributed by atoms with Gasteiger partial charge in [-0.2, -0.15) is 0 Å². The van der Waals surface area contributed by atoms with E-state index in [1.165, 1.54) is 9.13 Å². The Morgan fingerprint density at radius 3 is 2.76 bits per heavy atom. The second kappa shape index (κ2) is 3.95. The SMILES string of the molecule is CN1CCC2(CC1)C(=O)Nc1ccc(I)cc12. The van der Waals surface area contributed by atoms with Gasteiger partial charge in [-0.15, -0.1) is 0 Å². The van der Waals surface area contributed by atoms with Gasteiger partial charge in [0.05, 0.1) is 5.41 Å². The highest BCUT2D eigenvalue weighted by Crippen LogP contribution is 2.45. The van der Waals surface area contributed by atoms with Gasteiger partial charge in [-0.3, -0.25) is 4.79 Å². The molecular weight excluding hydrogens is 327 g/mol. The topological polar surface area (TPSA) is 32.3 Å². The predicted octanol–water partition coefficient (Wildman–Crippen LogP) is 2.21. The fourth-order valence-electron chi connectivity index (χ4n) is 2.88. The Morgan fingerprint density at radius 1 is 1.35 bits per heavy atom. The number of piperidine rings is 1. The second-order valence-corrected chi connectivity index (χ2v) is 6.28. The maximum Gasteiger partial charge on any atom is 0.235 e. The molecule has 1 N–H and O–H groups in total. The second-order valence-electron chi connectivity index (χ2n) is 5.03. The quantitative estimate of drug-likeness (QED) is 0.734. The van der Waals surface area contributed by atoms with Gasteiger partial charge in [0.1, 0.15) is 0 Å². The molecule has 17 heavy (non-hydrogen) atoms. The van der Waals surface area contributed by atoms with Crippen LogP contribution in [0.25, 0.3) is 0 Å². The number of hydrogen-bond donors (Lipinski definition) is 1. The molecular formula is C13H15IN2O. The third kappa shape index (κ3) is 1.69. The highest BCUT2D eigenvalue weighted by molar-refractivity contribution is 14.1. The molecule has 0 bridgehead atoms.